The van der Waals surface area contributed by atoms with Gasteiger partial charge in [0.1, 0.15) is 5.01 Å². The molecule has 2 atom stereocenters. The first-order valence-corrected chi connectivity index (χ1v) is 8.51. The monoisotopic (exact) mass is 291 g/mol. The Balaban J connectivity index is 2.53. The fourth-order valence-corrected chi connectivity index (χ4v) is 3.35. The number of thiazole rings is 1. The molecule has 5 nitrogen and oxygen atoms in total. The van der Waals surface area contributed by atoms with Gasteiger partial charge in [0.15, 0.2) is 0 Å². The smallest absolute Gasteiger partial charge is 0.216 e. The van der Waals surface area contributed by atoms with E-state index in [1.807, 2.05) is 12.3 Å². The summed E-state index contributed by atoms with van der Waals surface area (Å²) >= 11 is 1.45. The predicted octanol–water partition coefficient (Wildman–Crippen LogP) is 1.51. The van der Waals surface area contributed by atoms with E-state index >= 15 is 0 Å². The largest absolute Gasteiger partial charge is 0.315 e. The van der Waals surface area contributed by atoms with Crippen LogP contribution in [-0.4, -0.2) is 31.7 Å². The average molecular weight is 291 g/mol. The minimum Gasteiger partial charge on any atom is -0.315 e. The fourth-order valence-electron chi connectivity index (χ4n) is 1.45. The normalized spacial score (nSPS) is 15.5. The van der Waals surface area contributed by atoms with E-state index in [1.54, 1.807) is 13.1 Å². The Morgan fingerprint density at radius 1 is 1.44 bits per heavy atom. The van der Waals surface area contributed by atoms with Crippen LogP contribution in [0.3, 0.4) is 0 Å². The van der Waals surface area contributed by atoms with Crippen LogP contribution in [0.25, 0.3) is 0 Å². The molecule has 0 amide bonds. The van der Waals surface area contributed by atoms with Crippen LogP contribution < -0.4 is 10.0 Å². The van der Waals surface area contributed by atoms with Gasteiger partial charge < -0.3 is 5.32 Å². The van der Waals surface area contributed by atoms with E-state index in [0.29, 0.717) is 6.54 Å². The molecule has 2 N–H and O–H groups in total. The third-order valence-electron chi connectivity index (χ3n) is 2.55. The minimum atomic E-state index is -3.31. The zero-order chi connectivity index (χ0) is 13.6. The summed E-state index contributed by atoms with van der Waals surface area (Å²) < 4.78 is 26.8. The van der Waals surface area contributed by atoms with Crippen molar-refractivity contribution in [3.8, 4) is 0 Å². The standard InChI is InChI=1S/C11H21N3O2S2/c1-4-5-12-8-9(2)18(15,16)14-10(3)11-13-6-7-17-11/h6-7,9-10,12,14H,4-5,8H2,1-3H3. The maximum atomic E-state index is 12.1. The average Bonchev–Trinajstić information content (AvgIpc) is 2.82. The molecule has 0 radical (unpaired) electrons. The molecule has 0 aliphatic rings. The second kappa shape index (κ2) is 7.18. The zero-order valence-electron chi connectivity index (χ0n) is 11.0. The van der Waals surface area contributed by atoms with Crippen LogP contribution in [0.15, 0.2) is 11.6 Å². The van der Waals surface area contributed by atoms with Crippen LogP contribution in [0.1, 0.15) is 38.2 Å². The number of hydrogen-bond acceptors (Lipinski definition) is 5. The van der Waals surface area contributed by atoms with Crippen molar-refractivity contribution in [1.29, 1.82) is 0 Å². The molecule has 104 valence electrons. The SMILES string of the molecule is CCCNCC(C)S(=O)(=O)NC(C)c1nccs1. The number of nitrogens with zero attached hydrogens (tertiary/aromatic N) is 1. The molecule has 0 fully saturated rings. The Hall–Kier alpha value is -0.500. The lowest BCUT2D eigenvalue weighted by Crippen LogP contribution is -2.40. The lowest BCUT2D eigenvalue weighted by atomic mass is 10.4. The molecule has 0 aromatic carbocycles. The molecule has 1 heterocycles. The van der Waals surface area contributed by atoms with Crippen molar-refractivity contribution in [3.05, 3.63) is 16.6 Å². The molecule has 1 aromatic rings. The van der Waals surface area contributed by atoms with Gasteiger partial charge in [-0.3, -0.25) is 0 Å². The molecule has 1 rings (SSSR count). The number of sulfonamides is 1. The van der Waals surface area contributed by atoms with E-state index in [1.165, 1.54) is 11.3 Å². The second-order valence-electron chi connectivity index (χ2n) is 4.27. The molecule has 0 bridgehead atoms. The van der Waals surface area contributed by atoms with Crippen LogP contribution in [0.2, 0.25) is 0 Å². The van der Waals surface area contributed by atoms with E-state index in [-0.39, 0.29) is 6.04 Å². The van der Waals surface area contributed by atoms with E-state index in [0.717, 1.165) is 18.0 Å². The van der Waals surface area contributed by atoms with Gasteiger partial charge in [-0.2, -0.15) is 0 Å². The van der Waals surface area contributed by atoms with Crippen molar-refractivity contribution in [2.24, 2.45) is 0 Å². The second-order valence-corrected chi connectivity index (χ2v) is 7.33. The van der Waals surface area contributed by atoms with Crippen molar-refractivity contribution in [2.45, 2.75) is 38.5 Å². The van der Waals surface area contributed by atoms with E-state index in [2.05, 4.69) is 21.9 Å². The third-order valence-corrected chi connectivity index (χ3v) is 5.42. The molecule has 1 aromatic heterocycles. The Kier molecular flexibility index (Phi) is 6.20. The number of nitrogens with one attached hydrogen (secondary N) is 2. The number of hydrogen-bond donors (Lipinski definition) is 2. The van der Waals surface area contributed by atoms with Crippen molar-refractivity contribution >= 4 is 21.4 Å². The highest BCUT2D eigenvalue weighted by Gasteiger charge is 2.23. The molecule has 18 heavy (non-hydrogen) atoms. The summed E-state index contributed by atoms with van der Waals surface area (Å²) in [5.74, 6) is 0. The third kappa shape index (κ3) is 4.64. The Labute approximate surface area is 113 Å². The van der Waals surface area contributed by atoms with Crippen LogP contribution in [0.4, 0.5) is 0 Å². The molecule has 0 aliphatic heterocycles. The highest BCUT2D eigenvalue weighted by molar-refractivity contribution is 7.90. The Bertz CT molecular complexity index is 431. The summed E-state index contributed by atoms with van der Waals surface area (Å²) in [6, 6.07) is -0.274. The Morgan fingerprint density at radius 2 is 2.17 bits per heavy atom. The van der Waals surface area contributed by atoms with Gasteiger partial charge in [0.25, 0.3) is 0 Å². The van der Waals surface area contributed by atoms with E-state index in [4.69, 9.17) is 0 Å². The van der Waals surface area contributed by atoms with Crippen molar-refractivity contribution in [1.82, 2.24) is 15.0 Å². The summed E-state index contributed by atoms with van der Waals surface area (Å²) in [4.78, 5) is 4.11. The molecule has 0 saturated carbocycles. The number of rotatable bonds is 8. The molecule has 0 aliphatic carbocycles. The lowest BCUT2D eigenvalue weighted by molar-refractivity contribution is 0.544. The fraction of sp³-hybridized carbons (Fsp3) is 0.727. The quantitative estimate of drug-likeness (QED) is 0.712. The Morgan fingerprint density at radius 3 is 2.72 bits per heavy atom. The summed E-state index contributed by atoms with van der Waals surface area (Å²) in [5.41, 5.74) is 0. The highest BCUT2D eigenvalue weighted by Crippen LogP contribution is 2.16. The summed E-state index contributed by atoms with van der Waals surface area (Å²) in [5, 5.41) is 5.29. The maximum absolute atomic E-state index is 12.1. The molecule has 0 saturated heterocycles. The van der Waals surface area contributed by atoms with Crippen molar-refractivity contribution in [3.63, 3.8) is 0 Å². The van der Waals surface area contributed by atoms with Gasteiger partial charge in [-0.05, 0) is 26.8 Å². The first-order chi connectivity index (χ1) is 8.47. The van der Waals surface area contributed by atoms with Gasteiger partial charge in [0.2, 0.25) is 10.0 Å². The first kappa shape index (κ1) is 15.6. The van der Waals surface area contributed by atoms with Crippen LogP contribution in [0, 0.1) is 0 Å². The van der Waals surface area contributed by atoms with Crippen LogP contribution in [-0.2, 0) is 10.0 Å². The van der Waals surface area contributed by atoms with Gasteiger partial charge >= 0.3 is 0 Å². The van der Waals surface area contributed by atoms with Crippen LogP contribution >= 0.6 is 11.3 Å². The molecular formula is C11H21N3O2S2. The number of aromatic nitrogens is 1. The van der Waals surface area contributed by atoms with Gasteiger partial charge in [-0.1, -0.05) is 6.92 Å². The van der Waals surface area contributed by atoms with Gasteiger partial charge in [-0.15, -0.1) is 11.3 Å². The van der Waals surface area contributed by atoms with Crippen molar-refractivity contribution in [2.75, 3.05) is 13.1 Å². The summed E-state index contributed by atoms with van der Waals surface area (Å²) in [6.45, 7) is 6.87. The maximum Gasteiger partial charge on any atom is 0.216 e. The van der Waals surface area contributed by atoms with Gasteiger partial charge in [0.05, 0.1) is 11.3 Å². The van der Waals surface area contributed by atoms with Crippen LogP contribution in [0.5, 0.6) is 0 Å². The van der Waals surface area contributed by atoms with E-state index in [9.17, 15) is 8.42 Å². The van der Waals surface area contributed by atoms with Crippen molar-refractivity contribution < 1.29 is 8.42 Å². The first-order valence-electron chi connectivity index (χ1n) is 6.08. The molecule has 0 spiro atoms. The van der Waals surface area contributed by atoms with E-state index < -0.39 is 15.3 Å². The predicted molar refractivity (Wildman–Crippen MR) is 75.2 cm³/mol. The summed E-state index contributed by atoms with van der Waals surface area (Å²) in [7, 11) is -3.31. The molecular weight excluding hydrogens is 270 g/mol. The minimum absolute atomic E-state index is 0.274. The zero-order valence-corrected chi connectivity index (χ0v) is 12.6. The van der Waals surface area contributed by atoms with Gasteiger partial charge in [0, 0.05) is 18.1 Å². The molecule has 7 heteroatoms. The van der Waals surface area contributed by atoms with Gasteiger partial charge in [-0.25, -0.2) is 18.1 Å². The topological polar surface area (TPSA) is 71.1 Å². The lowest BCUT2D eigenvalue weighted by Gasteiger charge is -2.17. The molecule has 2 unspecified atom stereocenters. The summed E-state index contributed by atoms with van der Waals surface area (Å²) in [6.07, 6.45) is 2.67. The highest BCUT2D eigenvalue weighted by atomic mass is 32.2.